The topological polar surface area (TPSA) is 175 Å². The number of aliphatic hydroxyl groups is 5. The third-order valence-corrected chi connectivity index (χ3v) is 14.8. The van der Waals surface area contributed by atoms with E-state index in [1.165, 1.54) is 116 Å². The van der Waals surface area contributed by atoms with E-state index in [2.05, 4.69) is 99.0 Å². The van der Waals surface area contributed by atoms with Crippen molar-refractivity contribution < 1.29 is 49.3 Å². The van der Waals surface area contributed by atoms with Gasteiger partial charge in [-0.1, -0.05) is 254 Å². The first kappa shape index (κ1) is 73.9. The highest BCUT2D eigenvalue weighted by Crippen LogP contribution is 2.26. The van der Waals surface area contributed by atoms with E-state index in [0.717, 1.165) is 109 Å². The van der Waals surface area contributed by atoms with Crippen molar-refractivity contribution >= 4 is 11.9 Å². The lowest BCUT2D eigenvalue weighted by molar-refractivity contribution is -0.305. The predicted molar refractivity (Wildman–Crippen MR) is 329 cm³/mol. The molecule has 1 fully saturated rings. The molecule has 0 aromatic carbocycles. The minimum absolute atomic E-state index is 0.116. The second-order valence-corrected chi connectivity index (χ2v) is 22.1. The highest BCUT2D eigenvalue weighted by atomic mass is 16.7. The van der Waals surface area contributed by atoms with Crippen molar-refractivity contribution in [2.45, 2.75) is 320 Å². The van der Waals surface area contributed by atoms with Crippen molar-refractivity contribution in [2.24, 2.45) is 0 Å². The number of unbranched alkanes of at least 4 members (excludes halogenated alkanes) is 28. The van der Waals surface area contributed by atoms with Gasteiger partial charge in [0.2, 0.25) is 5.91 Å². The highest BCUT2D eigenvalue weighted by molar-refractivity contribution is 5.80. The Morgan fingerprint density at radius 2 is 0.911 bits per heavy atom. The normalized spacial score (nSPS) is 19.4. The summed E-state index contributed by atoms with van der Waals surface area (Å²) in [4.78, 5) is 26.6. The maximum absolute atomic E-state index is 13.4. The number of aliphatic hydroxyl groups excluding tert-OH is 5. The largest absolute Gasteiger partial charge is 0.454 e. The Labute approximate surface area is 483 Å². The van der Waals surface area contributed by atoms with Crippen molar-refractivity contribution in [3.8, 4) is 0 Å². The number of carbonyl (C=O) groups excluding carboxylic acids is 2. The number of ether oxygens (including phenoxy) is 3. The van der Waals surface area contributed by atoms with Crippen molar-refractivity contribution in [2.75, 3.05) is 13.2 Å². The molecule has 0 spiro atoms. The van der Waals surface area contributed by atoms with Crippen LogP contribution in [0.15, 0.2) is 85.1 Å². The number of rotatable bonds is 54. The van der Waals surface area contributed by atoms with Gasteiger partial charge in [0.25, 0.3) is 0 Å². The summed E-state index contributed by atoms with van der Waals surface area (Å²) >= 11 is 0. The Morgan fingerprint density at radius 3 is 1.39 bits per heavy atom. The molecular weight excluding hydrogens is 991 g/mol. The molecule has 0 aromatic rings. The van der Waals surface area contributed by atoms with Crippen molar-refractivity contribution in [1.82, 2.24) is 5.32 Å². The van der Waals surface area contributed by atoms with E-state index < -0.39 is 67.4 Å². The second-order valence-electron chi connectivity index (χ2n) is 22.1. The molecular formula is C68H119NO10. The molecule has 0 aromatic heterocycles. The third kappa shape index (κ3) is 43.2. The van der Waals surface area contributed by atoms with E-state index in [1.54, 1.807) is 6.08 Å². The zero-order chi connectivity index (χ0) is 57.5. The number of carbonyl (C=O) groups is 2. The summed E-state index contributed by atoms with van der Waals surface area (Å²) < 4.78 is 17.6. The summed E-state index contributed by atoms with van der Waals surface area (Å²) in [5.41, 5.74) is 0. The Kier molecular flexibility index (Phi) is 51.8. The van der Waals surface area contributed by atoms with Gasteiger partial charge < -0.3 is 45.1 Å². The molecule has 8 atom stereocenters. The summed E-state index contributed by atoms with van der Waals surface area (Å²) in [7, 11) is 0. The Bertz CT molecular complexity index is 1610. The van der Waals surface area contributed by atoms with Gasteiger partial charge in [0.15, 0.2) is 12.4 Å². The number of esters is 1. The minimum Gasteiger partial charge on any atom is -0.454 e. The number of amides is 1. The summed E-state index contributed by atoms with van der Waals surface area (Å²) in [5, 5.41) is 57.0. The van der Waals surface area contributed by atoms with Gasteiger partial charge in [0, 0.05) is 6.42 Å². The molecule has 0 bridgehead atoms. The second kappa shape index (κ2) is 55.4. The van der Waals surface area contributed by atoms with E-state index in [4.69, 9.17) is 14.2 Å². The zero-order valence-corrected chi connectivity index (χ0v) is 50.5. The summed E-state index contributed by atoms with van der Waals surface area (Å²) in [6.45, 7) is 5.65. The lowest BCUT2D eigenvalue weighted by Gasteiger charge is -2.41. The van der Waals surface area contributed by atoms with E-state index in [-0.39, 0.29) is 19.4 Å². The van der Waals surface area contributed by atoms with Crippen LogP contribution < -0.4 is 5.32 Å². The quantitative estimate of drug-likeness (QED) is 0.0195. The number of nitrogens with one attached hydrogen (secondary N) is 1. The van der Waals surface area contributed by atoms with Crippen LogP contribution in [0.3, 0.4) is 0 Å². The lowest BCUT2D eigenvalue weighted by atomic mass is 9.99. The van der Waals surface area contributed by atoms with Gasteiger partial charge in [-0.25, -0.2) is 0 Å². The summed E-state index contributed by atoms with van der Waals surface area (Å²) in [6.07, 6.45) is 61.9. The van der Waals surface area contributed by atoms with Crippen LogP contribution in [-0.4, -0.2) is 99.6 Å². The number of hydrogen-bond donors (Lipinski definition) is 6. The summed E-state index contributed by atoms with van der Waals surface area (Å²) in [6, 6.07) is -1.03. The molecule has 11 nitrogen and oxygen atoms in total. The lowest BCUT2D eigenvalue weighted by Crippen LogP contribution is -2.61. The molecule has 0 saturated carbocycles. The van der Waals surface area contributed by atoms with Crippen LogP contribution in [0.2, 0.25) is 0 Å². The van der Waals surface area contributed by atoms with Crippen molar-refractivity contribution in [3.63, 3.8) is 0 Å². The molecule has 79 heavy (non-hydrogen) atoms. The van der Waals surface area contributed by atoms with Gasteiger partial charge in [-0.2, -0.15) is 0 Å². The van der Waals surface area contributed by atoms with Crippen LogP contribution >= 0.6 is 0 Å². The van der Waals surface area contributed by atoms with Crippen molar-refractivity contribution in [1.29, 1.82) is 0 Å². The molecule has 1 saturated heterocycles. The van der Waals surface area contributed by atoms with Gasteiger partial charge in [-0.05, 0) is 96.3 Å². The minimum atomic E-state index is -1.62. The first-order valence-electron chi connectivity index (χ1n) is 32.4. The van der Waals surface area contributed by atoms with E-state index >= 15 is 0 Å². The Morgan fingerprint density at radius 1 is 0.506 bits per heavy atom. The maximum atomic E-state index is 13.4. The summed E-state index contributed by atoms with van der Waals surface area (Å²) in [5.74, 6) is -1.21. The fraction of sp³-hybridized carbons (Fsp3) is 0.765. The average molecular weight is 1110 g/mol. The molecule has 8 unspecified atom stereocenters. The number of hydrogen-bond acceptors (Lipinski definition) is 10. The molecule has 1 aliphatic rings. The maximum Gasteiger partial charge on any atom is 0.306 e. The number of allylic oxidation sites excluding steroid dienone is 13. The van der Waals surface area contributed by atoms with Gasteiger partial charge >= 0.3 is 5.97 Å². The van der Waals surface area contributed by atoms with Gasteiger partial charge in [0.1, 0.15) is 24.4 Å². The molecule has 0 aliphatic carbocycles. The molecule has 1 aliphatic heterocycles. The molecule has 6 N–H and O–H groups in total. The molecule has 1 amide bonds. The molecule has 1 heterocycles. The van der Waals surface area contributed by atoms with Crippen LogP contribution in [0.4, 0.5) is 0 Å². The first-order chi connectivity index (χ1) is 38.7. The first-order valence-corrected chi connectivity index (χ1v) is 32.4. The monoisotopic (exact) mass is 1110 g/mol. The fourth-order valence-corrected chi connectivity index (χ4v) is 9.67. The van der Waals surface area contributed by atoms with Crippen LogP contribution in [0, 0.1) is 0 Å². The van der Waals surface area contributed by atoms with Crippen LogP contribution in [0.1, 0.15) is 271 Å². The van der Waals surface area contributed by atoms with Crippen molar-refractivity contribution in [3.05, 3.63) is 85.1 Å². The smallest absolute Gasteiger partial charge is 0.306 e. The third-order valence-electron chi connectivity index (χ3n) is 14.8. The van der Waals surface area contributed by atoms with E-state index in [1.807, 2.05) is 6.08 Å². The molecule has 456 valence electrons. The molecule has 11 heteroatoms. The Balaban J connectivity index is 2.62. The van der Waals surface area contributed by atoms with Gasteiger partial charge in [0.05, 0.1) is 25.4 Å². The van der Waals surface area contributed by atoms with E-state index in [0.29, 0.717) is 12.8 Å². The highest BCUT2D eigenvalue weighted by Gasteiger charge is 2.47. The average Bonchev–Trinajstić information content (AvgIpc) is 3.44. The van der Waals surface area contributed by atoms with Gasteiger partial charge in [-0.3, -0.25) is 9.59 Å². The standard InChI is InChI=1S/C68H119NO10/c1-4-7-10-13-16-19-22-24-26-27-28-29-30-31-32-33-34-36-37-40-43-46-49-52-55-61(72)67(76)69-59(60(71)54-51-48-45-42-39-21-18-15-12-9-6-3)58-77-68-66(65(75)64(74)62(57-70)78-68)79-63(73)56-53-50-47-44-41-38-35-25-23-20-17-14-11-8-5-2/h7,10,16,19-20,23-24,26,28-29,31-32,51,54,59-62,64-66,68,70-72,74-75H,4-6,8-9,11-15,17-18,21-22,25,27,30,33-50,52-53,55-58H2,1-3H3,(H,69,76)/b10-7-,19-16-,23-20-,26-24-,29-28-,32-31-,54-51+. The van der Waals surface area contributed by atoms with Crippen LogP contribution in [0.25, 0.3) is 0 Å². The van der Waals surface area contributed by atoms with Crippen LogP contribution in [0.5, 0.6) is 0 Å². The fourth-order valence-electron chi connectivity index (χ4n) is 9.67. The zero-order valence-electron chi connectivity index (χ0n) is 50.5. The van der Waals surface area contributed by atoms with E-state index in [9.17, 15) is 35.1 Å². The Hall–Kier alpha value is -3.16. The van der Waals surface area contributed by atoms with Gasteiger partial charge in [-0.15, -0.1) is 0 Å². The molecule has 0 radical (unpaired) electrons. The van der Waals surface area contributed by atoms with Crippen LogP contribution in [-0.2, 0) is 23.8 Å². The predicted octanol–water partition coefficient (Wildman–Crippen LogP) is 15.7. The molecule has 1 rings (SSSR count). The SMILES string of the molecule is CC/C=C\C/C=C\C/C=C\C/C=C\C/C=C\CCCCCCCCCCC(O)C(=O)NC(COC1OC(CO)C(O)C(O)C1OC(=O)CCCCCCCCC/C=C\CCCCCC)C(O)/C=C/CCCCCCCCCCC.